The summed E-state index contributed by atoms with van der Waals surface area (Å²) in [6.07, 6.45) is 0.0105. The third-order valence-electron chi connectivity index (χ3n) is 2.74. The van der Waals surface area contributed by atoms with E-state index in [0.717, 1.165) is 9.75 Å². The normalized spacial score (nSPS) is 22.8. The highest BCUT2D eigenvalue weighted by atomic mass is 32.2. The quantitative estimate of drug-likeness (QED) is 0.868. The van der Waals surface area contributed by atoms with Gasteiger partial charge in [-0.15, -0.1) is 11.3 Å². The van der Waals surface area contributed by atoms with Gasteiger partial charge in [-0.3, -0.25) is 0 Å². The number of aliphatic hydroxyl groups is 1. The highest BCUT2D eigenvalue weighted by Crippen LogP contribution is 2.29. The molecule has 1 aromatic rings. The average Bonchev–Trinajstić information content (AvgIpc) is 2.73. The molecule has 2 heterocycles. The molecule has 6 heteroatoms. The van der Waals surface area contributed by atoms with E-state index in [4.69, 9.17) is 0 Å². The van der Waals surface area contributed by atoms with Gasteiger partial charge < -0.3 is 5.11 Å². The lowest BCUT2D eigenvalue weighted by Gasteiger charge is -2.15. The van der Waals surface area contributed by atoms with E-state index in [-0.39, 0.29) is 6.54 Å². The summed E-state index contributed by atoms with van der Waals surface area (Å²) in [5, 5.41) is 9.38. The predicted octanol–water partition coefficient (Wildman–Crippen LogP) is 1.12. The molecule has 1 aromatic heterocycles. The van der Waals surface area contributed by atoms with Crippen LogP contribution in [-0.4, -0.2) is 37.0 Å². The Labute approximate surface area is 99.6 Å². The second-order valence-corrected chi connectivity index (χ2v) is 7.45. The van der Waals surface area contributed by atoms with Gasteiger partial charge in [-0.2, -0.15) is 4.31 Å². The summed E-state index contributed by atoms with van der Waals surface area (Å²) in [6.45, 7) is 4.35. The first kappa shape index (κ1) is 12.0. The van der Waals surface area contributed by atoms with Gasteiger partial charge in [-0.05, 0) is 26.3 Å². The third kappa shape index (κ3) is 2.02. The van der Waals surface area contributed by atoms with E-state index in [0.29, 0.717) is 17.9 Å². The Hall–Kier alpha value is -0.430. The lowest BCUT2D eigenvalue weighted by atomic mass is 10.3. The molecule has 0 radical (unpaired) electrons. The number of hydrogen-bond donors (Lipinski definition) is 1. The van der Waals surface area contributed by atoms with Crippen molar-refractivity contribution in [3.63, 3.8) is 0 Å². The van der Waals surface area contributed by atoms with Gasteiger partial charge in [0.15, 0.2) is 0 Å². The van der Waals surface area contributed by atoms with Crippen LogP contribution in [0.5, 0.6) is 0 Å². The van der Waals surface area contributed by atoms with Gasteiger partial charge in [-0.1, -0.05) is 0 Å². The fraction of sp³-hybridized carbons (Fsp3) is 0.600. The molecular weight excluding hydrogens is 246 g/mol. The summed E-state index contributed by atoms with van der Waals surface area (Å²) in [7, 11) is -3.40. The summed E-state index contributed by atoms with van der Waals surface area (Å²) in [4.78, 5) is 2.21. The summed E-state index contributed by atoms with van der Waals surface area (Å²) in [5.74, 6) is 0. The number of aliphatic hydroxyl groups excluding tert-OH is 1. The van der Waals surface area contributed by atoms with Gasteiger partial charge in [0.05, 0.1) is 11.0 Å². The minimum absolute atomic E-state index is 0.219. The van der Waals surface area contributed by atoms with E-state index < -0.39 is 16.1 Å². The number of nitrogens with zero attached hydrogens (tertiary/aromatic N) is 1. The standard InChI is InChI=1S/C10H15NO3S2/c1-7-5-10(8(2)15-7)16(13,14)11-4-3-9(12)6-11/h5,9,12H,3-4,6H2,1-2H3/t9-/m0/s1. The molecule has 4 nitrogen and oxygen atoms in total. The molecule has 1 N–H and O–H groups in total. The summed E-state index contributed by atoms with van der Waals surface area (Å²) in [6, 6.07) is 1.71. The van der Waals surface area contributed by atoms with Crippen LogP contribution in [0.15, 0.2) is 11.0 Å². The van der Waals surface area contributed by atoms with Gasteiger partial charge in [-0.25, -0.2) is 8.42 Å². The zero-order chi connectivity index (χ0) is 11.9. The van der Waals surface area contributed by atoms with Crippen molar-refractivity contribution < 1.29 is 13.5 Å². The molecule has 1 saturated heterocycles. The predicted molar refractivity (Wildman–Crippen MR) is 63.2 cm³/mol. The van der Waals surface area contributed by atoms with E-state index in [9.17, 15) is 13.5 Å². The minimum atomic E-state index is -3.40. The van der Waals surface area contributed by atoms with Gasteiger partial charge >= 0.3 is 0 Å². The van der Waals surface area contributed by atoms with Crippen molar-refractivity contribution >= 4 is 21.4 Å². The van der Waals surface area contributed by atoms with Gasteiger partial charge in [0.2, 0.25) is 10.0 Å². The number of sulfonamides is 1. The van der Waals surface area contributed by atoms with E-state index >= 15 is 0 Å². The van der Waals surface area contributed by atoms with Crippen LogP contribution in [-0.2, 0) is 10.0 Å². The van der Waals surface area contributed by atoms with Crippen LogP contribution in [0.25, 0.3) is 0 Å². The Balaban J connectivity index is 2.36. The van der Waals surface area contributed by atoms with Gasteiger partial charge in [0, 0.05) is 22.8 Å². The molecule has 0 aromatic carbocycles. The van der Waals surface area contributed by atoms with Crippen molar-refractivity contribution in [1.29, 1.82) is 0 Å². The molecule has 0 saturated carbocycles. The highest BCUT2D eigenvalue weighted by molar-refractivity contribution is 7.89. The summed E-state index contributed by atoms with van der Waals surface area (Å²) in [5.41, 5.74) is 0. The van der Waals surface area contributed by atoms with Crippen LogP contribution in [0.2, 0.25) is 0 Å². The molecule has 90 valence electrons. The molecule has 0 unspecified atom stereocenters. The number of aryl methyl sites for hydroxylation is 2. The van der Waals surface area contributed by atoms with Crippen LogP contribution < -0.4 is 0 Å². The summed E-state index contributed by atoms with van der Waals surface area (Å²) >= 11 is 1.49. The zero-order valence-electron chi connectivity index (χ0n) is 9.30. The fourth-order valence-electron chi connectivity index (χ4n) is 1.93. The van der Waals surface area contributed by atoms with Crippen LogP contribution in [0.1, 0.15) is 16.2 Å². The van der Waals surface area contributed by atoms with Gasteiger partial charge in [0.1, 0.15) is 0 Å². The first-order valence-electron chi connectivity index (χ1n) is 5.16. The average molecular weight is 261 g/mol. The lowest BCUT2D eigenvalue weighted by molar-refractivity contribution is 0.189. The Morgan fingerprint density at radius 1 is 1.50 bits per heavy atom. The minimum Gasteiger partial charge on any atom is -0.392 e. The van der Waals surface area contributed by atoms with Crippen molar-refractivity contribution in [2.75, 3.05) is 13.1 Å². The largest absolute Gasteiger partial charge is 0.392 e. The molecule has 0 amide bonds. The molecule has 0 spiro atoms. The molecular formula is C10H15NO3S2. The van der Waals surface area contributed by atoms with Crippen molar-refractivity contribution in [3.05, 3.63) is 15.8 Å². The van der Waals surface area contributed by atoms with Gasteiger partial charge in [0.25, 0.3) is 0 Å². The van der Waals surface area contributed by atoms with E-state index in [1.807, 2.05) is 13.8 Å². The SMILES string of the molecule is Cc1cc(S(=O)(=O)N2CC[C@H](O)C2)c(C)s1. The molecule has 16 heavy (non-hydrogen) atoms. The number of rotatable bonds is 2. The summed E-state index contributed by atoms with van der Waals surface area (Å²) < 4.78 is 25.8. The van der Waals surface area contributed by atoms with Crippen LogP contribution in [0.3, 0.4) is 0 Å². The third-order valence-corrected chi connectivity index (χ3v) is 5.83. The van der Waals surface area contributed by atoms with Crippen LogP contribution in [0.4, 0.5) is 0 Å². The van der Waals surface area contributed by atoms with Crippen molar-refractivity contribution in [2.45, 2.75) is 31.3 Å². The molecule has 1 aliphatic heterocycles. The Morgan fingerprint density at radius 3 is 2.62 bits per heavy atom. The Morgan fingerprint density at radius 2 is 2.19 bits per heavy atom. The second kappa shape index (κ2) is 4.10. The molecule has 2 rings (SSSR count). The van der Waals surface area contributed by atoms with E-state index in [1.165, 1.54) is 15.6 Å². The first-order chi connectivity index (χ1) is 7.41. The smallest absolute Gasteiger partial charge is 0.244 e. The first-order valence-corrected chi connectivity index (χ1v) is 7.42. The lowest BCUT2D eigenvalue weighted by Crippen LogP contribution is -2.29. The molecule has 1 aliphatic rings. The molecule has 0 bridgehead atoms. The maximum Gasteiger partial charge on any atom is 0.244 e. The van der Waals surface area contributed by atoms with Crippen molar-refractivity contribution in [1.82, 2.24) is 4.31 Å². The highest BCUT2D eigenvalue weighted by Gasteiger charge is 2.33. The maximum absolute atomic E-state index is 12.2. The van der Waals surface area contributed by atoms with E-state index in [2.05, 4.69) is 0 Å². The van der Waals surface area contributed by atoms with Crippen LogP contribution >= 0.6 is 11.3 Å². The second-order valence-electron chi connectivity index (χ2n) is 4.08. The topological polar surface area (TPSA) is 57.6 Å². The van der Waals surface area contributed by atoms with Crippen molar-refractivity contribution in [2.24, 2.45) is 0 Å². The Kier molecular flexibility index (Phi) is 3.09. The molecule has 0 aliphatic carbocycles. The van der Waals surface area contributed by atoms with Crippen molar-refractivity contribution in [3.8, 4) is 0 Å². The van der Waals surface area contributed by atoms with Crippen LogP contribution in [0, 0.1) is 13.8 Å². The Bertz CT molecular complexity index is 492. The molecule has 1 atom stereocenters. The maximum atomic E-state index is 12.2. The van der Waals surface area contributed by atoms with E-state index in [1.54, 1.807) is 6.07 Å². The monoisotopic (exact) mass is 261 g/mol. The number of hydrogen-bond acceptors (Lipinski definition) is 4. The number of β-amino-alcohol motifs (C(OH)–C–C–N with tert-alkyl or cyclic N) is 1. The molecule has 1 fully saturated rings. The number of thiophene rings is 1. The zero-order valence-corrected chi connectivity index (χ0v) is 10.9. The fourth-order valence-corrected chi connectivity index (χ4v) is 4.95.